The first-order valence-electron chi connectivity index (χ1n) is 9.42. The molecule has 0 radical (unpaired) electrons. The van der Waals surface area contributed by atoms with Crippen molar-refractivity contribution in [2.45, 2.75) is 24.8 Å². The van der Waals surface area contributed by atoms with Gasteiger partial charge in [0.1, 0.15) is 5.82 Å². The van der Waals surface area contributed by atoms with Crippen LogP contribution in [0.2, 0.25) is 0 Å². The first-order chi connectivity index (χ1) is 13.1. The lowest BCUT2D eigenvalue weighted by Gasteiger charge is -2.38. The fourth-order valence-electron chi connectivity index (χ4n) is 3.69. The number of hydrogen-bond acceptors (Lipinski definition) is 3. The summed E-state index contributed by atoms with van der Waals surface area (Å²) in [5.74, 6) is 0.873. The molecule has 1 aliphatic heterocycles. The first-order valence-corrected chi connectivity index (χ1v) is 9.42. The highest BCUT2D eigenvalue weighted by Crippen LogP contribution is 2.39. The van der Waals surface area contributed by atoms with Crippen LogP contribution in [-0.2, 0) is 5.54 Å². The van der Waals surface area contributed by atoms with Crippen LogP contribution < -0.4 is 5.73 Å². The number of aliphatic imine (C=N–C) groups is 1. The van der Waals surface area contributed by atoms with Crippen LogP contribution in [0.4, 0.5) is 0 Å². The van der Waals surface area contributed by atoms with Crippen molar-refractivity contribution in [1.29, 1.82) is 0 Å². The average molecular weight is 355 g/mol. The van der Waals surface area contributed by atoms with Crippen molar-refractivity contribution < 1.29 is 0 Å². The third-order valence-corrected chi connectivity index (χ3v) is 5.50. The van der Waals surface area contributed by atoms with Crippen LogP contribution in [0.15, 0.2) is 90.3 Å². The average Bonchev–Trinajstić information content (AvgIpc) is 2.68. The molecule has 2 aromatic carbocycles. The zero-order valence-corrected chi connectivity index (χ0v) is 15.7. The van der Waals surface area contributed by atoms with E-state index in [0.29, 0.717) is 0 Å². The highest BCUT2D eigenvalue weighted by Gasteiger charge is 2.34. The molecule has 0 bridgehead atoms. The van der Waals surface area contributed by atoms with Gasteiger partial charge in [-0.2, -0.15) is 0 Å². The van der Waals surface area contributed by atoms with Crippen molar-refractivity contribution >= 4 is 11.3 Å². The van der Waals surface area contributed by atoms with Gasteiger partial charge in [0.15, 0.2) is 0 Å². The van der Waals surface area contributed by atoms with Crippen molar-refractivity contribution in [2.75, 3.05) is 7.05 Å². The van der Waals surface area contributed by atoms with E-state index in [9.17, 15) is 0 Å². The van der Waals surface area contributed by atoms with E-state index in [4.69, 9.17) is 10.7 Å². The van der Waals surface area contributed by atoms with Crippen LogP contribution in [0.5, 0.6) is 0 Å². The SMILES string of the molecule is C=C/C=C1/N=C(c2ccc(C3(N)CCC3)cc2)C(c2ccccc2)=CN1C. The zero-order chi connectivity index (χ0) is 18.9. The third kappa shape index (κ3) is 3.26. The molecule has 1 fully saturated rings. The lowest BCUT2D eigenvalue weighted by atomic mass is 9.72. The molecular weight excluding hydrogens is 330 g/mol. The maximum Gasteiger partial charge on any atom is 0.132 e. The molecule has 0 spiro atoms. The Hall–Kier alpha value is -2.91. The van der Waals surface area contributed by atoms with Crippen LogP contribution in [0.1, 0.15) is 36.0 Å². The highest BCUT2D eigenvalue weighted by atomic mass is 15.2. The minimum absolute atomic E-state index is 0.140. The first kappa shape index (κ1) is 17.5. The van der Waals surface area contributed by atoms with Crippen LogP contribution in [0, 0.1) is 0 Å². The van der Waals surface area contributed by atoms with Gasteiger partial charge in [0.2, 0.25) is 0 Å². The quantitative estimate of drug-likeness (QED) is 0.854. The summed E-state index contributed by atoms with van der Waals surface area (Å²) in [5.41, 5.74) is 11.9. The lowest BCUT2D eigenvalue weighted by molar-refractivity contribution is 0.253. The van der Waals surface area contributed by atoms with E-state index < -0.39 is 0 Å². The Kier molecular flexibility index (Phi) is 4.54. The van der Waals surface area contributed by atoms with Crippen molar-refractivity contribution in [3.63, 3.8) is 0 Å². The predicted octanol–water partition coefficient (Wildman–Crippen LogP) is 4.83. The number of allylic oxidation sites excluding steroid dienone is 3. The van der Waals surface area contributed by atoms with Crippen molar-refractivity contribution in [3.8, 4) is 0 Å². The summed E-state index contributed by atoms with van der Waals surface area (Å²) in [7, 11) is 2.01. The van der Waals surface area contributed by atoms with Gasteiger partial charge in [0.25, 0.3) is 0 Å². The topological polar surface area (TPSA) is 41.6 Å². The maximum absolute atomic E-state index is 6.48. The molecule has 136 valence electrons. The maximum atomic E-state index is 6.48. The van der Waals surface area contributed by atoms with Gasteiger partial charge >= 0.3 is 0 Å². The highest BCUT2D eigenvalue weighted by molar-refractivity contribution is 6.32. The summed E-state index contributed by atoms with van der Waals surface area (Å²) in [4.78, 5) is 6.97. The Morgan fingerprint density at radius 2 is 1.74 bits per heavy atom. The molecule has 4 rings (SSSR count). The van der Waals surface area contributed by atoms with E-state index in [1.54, 1.807) is 6.08 Å². The molecule has 1 aliphatic carbocycles. The number of rotatable bonds is 4. The molecule has 3 nitrogen and oxygen atoms in total. The van der Waals surface area contributed by atoms with E-state index in [2.05, 4.69) is 61.3 Å². The van der Waals surface area contributed by atoms with Gasteiger partial charge in [-0.25, -0.2) is 4.99 Å². The molecule has 0 amide bonds. The van der Waals surface area contributed by atoms with E-state index in [1.165, 1.54) is 12.0 Å². The van der Waals surface area contributed by atoms with Crippen molar-refractivity contribution in [3.05, 3.63) is 102 Å². The molecule has 1 saturated carbocycles. The van der Waals surface area contributed by atoms with Gasteiger partial charge in [0, 0.05) is 29.9 Å². The molecule has 3 heteroatoms. The van der Waals surface area contributed by atoms with Gasteiger partial charge in [-0.3, -0.25) is 0 Å². The number of nitrogens with zero attached hydrogens (tertiary/aromatic N) is 2. The second-order valence-electron chi connectivity index (χ2n) is 7.33. The smallest absolute Gasteiger partial charge is 0.132 e. The standard InChI is InChI=1S/C24H25N3/c1-3-8-22-26-23(21(17-27(22)2)18-9-5-4-6-10-18)19-11-13-20(14-12-19)24(25)15-7-16-24/h3-6,8-14,17H,1,7,15-16,25H2,2H3/b22-8-. The Bertz CT molecular complexity index is 929. The van der Waals surface area contributed by atoms with Crippen LogP contribution in [-0.4, -0.2) is 17.7 Å². The minimum Gasteiger partial charge on any atom is -0.335 e. The number of nitrogens with two attached hydrogens (primary N) is 1. The molecule has 2 N–H and O–H groups in total. The second-order valence-corrected chi connectivity index (χ2v) is 7.33. The fraction of sp³-hybridized carbons (Fsp3) is 0.208. The molecular formula is C24H25N3. The van der Waals surface area contributed by atoms with Gasteiger partial charge in [-0.05, 0) is 36.5 Å². The Balaban J connectivity index is 1.76. The Morgan fingerprint density at radius 1 is 1.04 bits per heavy atom. The summed E-state index contributed by atoms with van der Waals surface area (Å²) in [6, 6.07) is 19.0. The third-order valence-electron chi connectivity index (χ3n) is 5.50. The van der Waals surface area contributed by atoms with Crippen molar-refractivity contribution in [1.82, 2.24) is 4.90 Å². The molecule has 0 saturated heterocycles. The number of hydrogen-bond donors (Lipinski definition) is 1. The molecule has 0 unspecified atom stereocenters. The van der Waals surface area contributed by atoms with E-state index in [0.717, 1.165) is 41.1 Å². The number of benzene rings is 2. The monoisotopic (exact) mass is 355 g/mol. The van der Waals surface area contributed by atoms with Gasteiger partial charge in [0.05, 0.1) is 5.71 Å². The predicted molar refractivity (Wildman–Crippen MR) is 113 cm³/mol. The van der Waals surface area contributed by atoms with Crippen LogP contribution in [0.3, 0.4) is 0 Å². The minimum atomic E-state index is -0.140. The normalized spacial score (nSPS) is 19.9. The summed E-state index contributed by atoms with van der Waals surface area (Å²) >= 11 is 0. The van der Waals surface area contributed by atoms with Crippen LogP contribution in [0.25, 0.3) is 5.57 Å². The summed E-state index contributed by atoms with van der Waals surface area (Å²) in [5, 5.41) is 0. The van der Waals surface area contributed by atoms with E-state index in [-0.39, 0.29) is 5.54 Å². The fourth-order valence-corrected chi connectivity index (χ4v) is 3.69. The Morgan fingerprint density at radius 3 is 2.33 bits per heavy atom. The lowest BCUT2D eigenvalue weighted by Crippen LogP contribution is -2.43. The van der Waals surface area contributed by atoms with E-state index >= 15 is 0 Å². The van der Waals surface area contributed by atoms with Crippen LogP contribution >= 0.6 is 0 Å². The van der Waals surface area contributed by atoms with Crippen molar-refractivity contribution in [2.24, 2.45) is 10.7 Å². The molecule has 2 aliphatic rings. The van der Waals surface area contributed by atoms with Gasteiger partial charge in [-0.15, -0.1) is 0 Å². The van der Waals surface area contributed by atoms with E-state index in [1.807, 2.05) is 24.1 Å². The Labute approximate surface area is 161 Å². The molecule has 2 aromatic rings. The molecule has 0 atom stereocenters. The molecule has 1 heterocycles. The van der Waals surface area contributed by atoms with Gasteiger partial charge < -0.3 is 10.6 Å². The summed E-state index contributed by atoms with van der Waals surface area (Å²) < 4.78 is 0. The molecule has 27 heavy (non-hydrogen) atoms. The second kappa shape index (κ2) is 7.01. The summed E-state index contributed by atoms with van der Waals surface area (Å²) in [6.45, 7) is 3.81. The summed E-state index contributed by atoms with van der Waals surface area (Å²) in [6.07, 6.45) is 9.19. The molecule has 0 aromatic heterocycles. The largest absolute Gasteiger partial charge is 0.335 e. The van der Waals surface area contributed by atoms with Gasteiger partial charge in [-0.1, -0.05) is 67.3 Å². The zero-order valence-electron chi connectivity index (χ0n) is 15.7.